The topological polar surface area (TPSA) is 66.0 Å². The first-order chi connectivity index (χ1) is 20.2. The van der Waals surface area contributed by atoms with E-state index in [1.165, 1.54) is 12.1 Å². The highest BCUT2D eigenvalue weighted by atomic mass is 35.5. The van der Waals surface area contributed by atoms with Crippen LogP contribution in [0.4, 0.5) is 37.7 Å². The Labute approximate surface area is 249 Å². The summed E-state index contributed by atoms with van der Waals surface area (Å²) >= 11 is 6.37. The van der Waals surface area contributed by atoms with E-state index in [-0.39, 0.29) is 16.5 Å². The number of nitro benzene ring substituents is 1. The van der Waals surface area contributed by atoms with Crippen molar-refractivity contribution in [2.24, 2.45) is 0 Å². The molecule has 1 aliphatic carbocycles. The summed E-state index contributed by atoms with van der Waals surface area (Å²) in [4.78, 5) is 16.6. The molecule has 0 unspecified atom stereocenters. The van der Waals surface area contributed by atoms with Crippen molar-refractivity contribution in [3.63, 3.8) is 0 Å². The maximum absolute atomic E-state index is 13.4. The Balaban J connectivity index is 1.11. The van der Waals surface area contributed by atoms with Gasteiger partial charge >= 0.3 is 12.4 Å². The van der Waals surface area contributed by atoms with Gasteiger partial charge in [-0.25, -0.2) is 0 Å². The molecule has 1 aromatic heterocycles. The van der Waals surface area contributed by atoms with Gasteiger partial charge in [-0.15, -0.1) is 0 Å². The lowest BCUT2D eigenvalue weighted by Gasteiger charge is -2.43. The average Bonchev–Trinajstić information content (AvgIpc) is 3.29. The summed E-state index contributed by atoms with van der Waals surface area (Å²) in [6, 6.07) is 6.84. The third-order valence-corrected chi connectivity index (χ3v) is 9.12. The summed E-state index contributed by atoms with van der Waals surface area (Å²) in [6.45, 7) is 4.00. The predicted molar refractivity (Wildman–Crippen MR) is 150 cm³/mol. The smallest absolute Gasteiger partial charge is 0.423 e. The lowest BCUT2D eigenvalue weighted by molar-refractivity contribution is -0.388. The quantitative estimate of drug-likeness (QED) is 0.152. The van der Waals surface area contributed by atoms with Gasteiger partial charge in [-0.3, -0.25) is 15.0 Å². The van der Waals surface area contributed by atoms with Crippen LogP contribution in [0.15, 0.2) is 40.8 Å². The Morgan fingerprint density at radius 2 is 1.65 bits per heavy atom. The van der Waals surface area contributed by atoms with E-state index in [4.69, 9.17) is 16.0 Å². The van der Waals surface area contributed by atoms with Gasteiger partial charge in [0.2, 0.25) is 0 Å². The van der Waals surface area contributed by atoms with Gasteiger partial charge in [0.25, 0.3) is 5.69 Å². The van der Waals surface area contributed by atoms with Crippen molar-refractivity contribution in [2.45, 2.75) is 56.5 Å². The second kappa shape index (κ2) is 12.2. The minimum absolute atomic E-state index is 0.0286. The Hall–Kier alpha value is -3.03. The fourth-order valence-corrected chi connectivity index (χ4v) is 6.50. The van der Waals surface area contributed by atoms with Crippen molar-refractivity contribution >= 4 is 33.9 Å². The minimum Gasteiger partial charge on any atom is -0.459 e. The molecule has 0 N–H and O–H groups in total. The van der Waals surface area contributed by atoms with E-state index in [1.54, 1.807) is 11.9 Å². The molecule has 14 heteroatoms. The molecule has 0 atom stereocenters. The van der Waals surface area contributed by atoms with Crippen molar-refractivity contribution in [1.29, 1.82) is 0 Å². The molecule has 43 heavy (non-hydrogen) atoms. The van der Waals surface area contributed by atoms with Gasteiger partial charge in [0.15, 0.2) is 0 Å². The van der Waals surface area contributed by atoms with Crippen LogP contribution >= 0.6 is 11.6 Å². The second-order valence-electron chi connectivity index (χ2n) is 11.2. The molecule has 234 valence electrons. The molecule has 1 saturated carbocycles. The molecule has 0 radical (unpaired) electrons. The lowest BCUT2D eigenvalue weighted by atomic mass is 9.88. The summed E-state index contributed by atoms with van der Waals surface area (Å²) in [6.07, 6.45) is -5.44. The zero-order chi connectivity index (χ0) is 31.1. The second-order valence-corrected chi connectivity index (χ2v) is 11.6. The van der Waals surface area contributed by atoms with E-state index in [1.807, 2.05) is 0 Å². The van der Waals surface area contributed by atoms with Crippen molar-refractivity contribution in [3.05, 3.63) is 68.4 Å². The molecule has 5 rings (SSSR count). The first-order valence-corrected chi connectivity index (χ1v) is 14.4. The molecule has 2 heterocycles. The molecule has 2 aliphatic rings. The van der Waals surface area contributed by atoms with Gasteiger partial charge in [-0.1, -0.05) is 11.6 Å². The first kappa shape index (κ1) is 31.4. The fraction of sp³-hybridized carbons (Fsp3) is 0.517. The van der Waals surface area contributed by atoms with Crippen molar-refractivity contribution in [2.75, 3.05) is 44.7 Å². The summed E-state index contributed by atoms with van der Waals surface area (Å²) in [7, 11) is 1.73. The summed E-state index contributed by atoms with van der Waals surface area (Å²) in [5.41, 5.74) is -2.33. The van der Waals surface area contributed by atoms with Crippen LogP contribution in [0.2, 0.25) is 5.02 Å². The number of alkyl halides is 6. The van der Waals surface area contributed by atoms with Crippen LogP contribution in [-0.4, -0.2) is 66.6 Å². The molecule has 7 nitrogen and oxygen atoms in total. The Kier molecular flexibility index (Phi) is 8.88. The molecule has 0 spiro atoms. The van der Waals surface area contributed by atoms with E-state index in [0.29, 0.717) is 36.0 Å². The maximum Gasteiger partial charge on any atom is 0.423 e. The van der Waals surface area contributed by atoms with Gasteiger partial charge in [0.1, 0.15) is 16.9 Å². The van der Waals surface area contributed by atoms with E-state index in [0.717, 1.165) is 76.1 Å². The number of benzene rings is 2. The normalized spacial score (nSPS) is 20.9. The van der Waals surface area contributed by atoms with Crippen LogP contribution in [0.5, 0.6) is 0 Å². The number of nitrogens with zero attached hydrogens (tertiary/aromatic N) is 4. The van der Waals surface area contributed by atoms with Gasteiger partial charge in [-0.2, -0.15) is 26.3 Å². The van der Waals surface area contributed by atoms with Gasteiger partial charge in [-0.05, 0) is 56.0 Å². The van der Waals surface area contributed by atoms with Crippen LogP contribution < -0.4 is 4.90 Å². The van der Waals surface area contributed by atoms with Crippen molar-refractivity contribution < 1.29 is 35.7 Å². The monoisotopic (exact) mass is 632 g/mol. The first-order valence-electron chi connectivity index (χ1n) is 14.1. The van der Waals surface area contributed by atoms with Gasteiger partial charge in [0, 0.05) is 75.4 Å². The van der Waals surface area contributed by atoms with Crippen LogP contribution in [-0.2, 0) is 18.8 Å². The number of halogens is 7. The molecule has 3 aromatic rings. The Morgan fingerprint density at radius 3 is 2.26 bits per heavy atom. The van der Waals surface area contributed by atoms with E-state index < -0.39 is 34.1 Å². The molecule has 1 aliphatic heterocycles. The molecule has 0 amide bonds. The number of hydrogen-bond acceptors (Lipinski definition) is 6. The summed E-state index contributed by atoms with van der Waals surface area (Å²) in [5.74, 6) is 0.469. The molecule has 0 bridgehead atoms. The number of nitro groups is 1. The largest absolute Gasteiger partial charge is 0.459 e. The third-order valence-electron chi connectivity index (χ3n) is 8.70. The fourth-order valence-electron chi connectivity index (χ4n) is 6.22. The molecule has 1 saturated heterocycles. The Morgan fingerprint density at radius 1 is 0.977 bits per heavy atom. The summed E-state index contributed by atoms with van der Waals surface area (Å²) in [5, 5.41) is 11.6. The standard InChI is InChI=1S/C29H31ClF6N4O3/c1-37(21-7-8-24(40(41)42)23(17-21)29(34,35)36)19-3-5-20(6-4-19)39-14-12-38(13-15-39)11-10-26-27(30)22-16-18(28(31,32)33)2-9-25(22)43-26/h2,7-9,16-17,19-20H,3-6,10-15H2,1H3. The minimum atomic E-state index is -4.82. The maximum atomic E-state index is 13.4. The molecule has 2 aromatic carbocycles. The van der Waals surface area contributed by atoms with Gasteiger partial charge < -0.3 is 14.2 Å². The van der Waals surface area contributed by atoms with Crippen molar-refractivity contribution in [1.82, 2.24) is 9.80 Å². The zero-order valence-corrected chi connectivity index (χ0v) is 24.1. The zero-order valence-electron chi connectivity index (χ0n) is 23.3. The SMILES string of the molecule is CN(c1ccc([N+](=O)[O-])c(C(F)(F)F)c1)C1CCC(N2CCN(CCc3oc4ccc(C(F)(F)F)cc4c3Cl)CC2)CC1. The van der Waals surface area contributed by atoms with E-state index in [2.05, 4.69) is 9.80 Å². The highest BCUT2D eigenvalue weighted by Crippen LogP contribution is 2.40. The predicted octanol–water partition coefficient (Wildman–Crippen LogP) is 7.64. The Bertz CT molecular complexity index is 1460. The number of fused-ring (bicyclic) bond motifs is 1. The summed E-state index contributed by atoms with van der Waals surface area (Å²) < 4.78 is 85.3. The number of hydrogen-bond donors (Lipinski definition) is 0. The van der Waals surface area contributed by atoms with Crippen LogP contribution in [0.3, 0.4) is 0 Å². The highest BCUT2D eigenvalue weighted by molar-refractivity contribution is 6.36. The average molecular weight is 633 g/mol. The molecule has 2 fully saturated rings. The number of rotatable bonds is 7. The van der Waals surface area contributed by atoms with Crippen molar-refractivity contribution in [3.8, 4) is 0 Å². The van der Waals surface area contributed by atoms with E-state index in [9.17, 15) is 36.5 Å². The molecular weight excluding hydrogens is 602 g/mol. The number of piperazine rings is 1. The van der Waals surface area contributed by atoms with Crippen LogP contribution in [0, 0.1) is 10.1 Å². The van der Waals surface area contributed by atoms with Crippen LogP contribution in [0.1, 0.15) is 42.6 Å². The number of anilines is 1. The highest BCUT2D eigenvalue weighted by Gasteiger charge is 2.39. The molecular formula is C29H31ClF6N4O3. The van der Waals surface area contributed by atoms with E-state index >= 15 is 0 Å². The number of furan rings is 1. The van der Waals surface area contributed by atoms with Gasteiger partial charge in [0.05, 0.1) is 15.5 Å². The third kappa shape index (κ3) is 6.88. The van der Waals surface area contributed by atoms with Crippen LogP contribution in [0.25, 0.3) is 11.0 Å². The lowest BCUT2D eigenvalue weighted by Crippen LogP contribution is -2.52.